The molecule has 0 amide bonds. The van der Waals surface area contributed by atoms with Crippen LogP contribution in [0.25, 0.3) is 17.3 Å². The van der Waals surface area contributed by atoms with Gasteiger partial charge in [0.25, 0.3) is 0 Å². The Hall–Kier alpha value is -2.86. The first kappa shape index (κ1) is 16.6. The number of thioether (sulfide) groups is 1. The molecule has 0 spiro atoms. The molecule has 130 valence electrons. The van der Waals surface area contributed by atoms with Crippen LogP contribution in [-0.2, 0) is 0 Å². The molecular formula is C20H18N4OS. The van der Waals surface area contributed by atoms with E-state index in [2.05, 4.69) is 39.6 Å². The Kier molecular flexibility index (Phi) is 4.84. The van der Waals surface area contributed by atoms with Gasteiger partial charge in [-0.05, 0) is 23.5 Å². The first-order chi connectivity index (χ1) is 12.8. The maximum atomic E-state index is 6.12. The van der Waals surface area contributed by atoms with Gasteiger partial charge in [-0.25, -0.2) is 0 Å². The van der Waals surface area contributed by atoms with Crippen molar-refractivity contribution in [2.75, 3.05) is 11.1 Å². The molecule has 0 unspecified atom stereocenters. The summed E-state index contributed by atoms with van der Waals surface area (Å²) >= 11 is 1.54. The van der Waals surface area contributed by atoms with Crippen molar-refractivity contribution in [3.63, 3.8) is 0 Å². The van der Waals surface area contributed by atoms with Crippen molar-refractivity contribution in [1.29, 1.82) is 0 Å². The van der Waals surface area contributed by atoms with Crippen LogP contribution < -0.4 is 10.1 Å². The highest BCUT2D eigenvalue weighted by Gasteiger charge is 2.23. The van der Waals surface area contributed by atoms with Gasteiger partial charge >= 0.3 is 0 Å². The van der Waals surface area contributed by atoms with Gasteiger partial charge in [0.15, 0.2) is 11.9 Å². The fraction of sp³-hybridized carbons (Fsp3) is 0.150. The number of anilines is 1. The van der Waals surface area contributed by atoms with Gasteiger partial charge in [-0.3, -0.25) is 0 Å². The zero-order valence-electron chi connectivity index (χ0n) is 14.3. The highest BCUT2D eigenvalue weighted by atomic mass is 32.2. The number of nitrogens with zero attached hydrogens (tertiary/aromatic N) is 3. The quantitative estimate of drug-likeness (QED) is 0.690. The molecule has 2 aromatic carbocycles. The summed E-state index contributed by atoms with van der Waals surface area (Å²) < 4.78 is 6.12. The van der Waals surface area contributed by atoms with Crippen molar-refractivity contribution in [3.8, 4) is 17.1 Å². The topological polar surface area (TPSA) is 59.9 Å². The van der Waals surface area contributed by atoms with Gasteiger partial charge in [0.2, 0.25) is 11.0 Å². The highest BCUT2D eigenvalue weighted by molar-refractivity contribution is 7.99. The molecule has 0 aliphatic carbocycles. The maximum absolute atomic E-state index is 6.12. The van der Waals surface area contributed by atoms with Crippen LogP contribution in [0.4, 0.5) is 5.69 Å². The second-order valence-corrected chi connectivity index (χ2v) is 6.91. The Morgan fingerprint density at radius 3 is 2.73 bits per heavy atom. The number of nitrogens with one attached hydrogen (secondary N) is 1. The van der Waals surface area contributed by atoms with Gasteiger partial charge in [-0.15, -0.1) is 10.2 Å². The molecule has 6 heteroatoms. The molecule has 4 rings (SSSR count). The minimum atomic E-state index is -0.353. The summed E-state index contributed by atoms with van der Waals surface area (Å²) in [7, 11) is 0. The zero-order valence-corrected chi connectivity index (χ0v) is 15.1. The molecule has 0 bridgehead atoms. The average molecular weight is 362 g/mol. The van der Waals surface area contributed by atoms with Crippen molar-refractivity contribution < 1.29 is 4.74 Å². The first-order valence-corrected chi connectivity index (χ1v) is 9.45. The van der Waals surface area contributed by atoms with E-state index in [1.807, 2.05) is 54.6 Å². The van der Waals surface area contributed by atoms with E-state index in [4.69, 9.17) is 4.74 Å². The van der Waals surface area contributed by atoms with Crippen molar-refractivity contribution in [2.24, 2.45) is 0 Å². The molecule has 3 aromatic rings. The number of para-hydroxylation sites is 1. The second-order valence-electron chi connectivity index (χ2n) is 5.68. The molecule has 0 radical (unpaired) electrons. The minimum Gasteiger partial charge on any atom is -0.448 e. The van der Waals surface area contributed by atoms with Crippen LogP contribution >= 0.6 is 11.8 Å². The fourth-order valence-electron chi connectivity index (χ4n) is 2.71. The van der Waals surface area contributed by atoms with Gasteiger partial charge in [-0.1, -0.05) is 73.3 Å². The van der Waals surface area contributed by atoms with Crippen LogP contribution in [0.1, 0.15) is 12.5 Å². The third-order valence-electron chi connectivity index (χ3n) is 3.89. The maximum Gasteiger partial charge on any atom is 0.247 e. The van der Waals surface area contributed by atoms with Crippen molar-refractivity contribution in [1.82, 2.24) is 15.2 Å². The number of aromatic nitrogens is 3. The van der Waals surface area contributed by atoms with Gasteiger partial charge in [0.1, 0.15) is 0 Å². The van der Waals surface area contributed by atoms with Gasteiger partial charge < -0.3 is 10.1 Å². The standard InChI is InChI=1S/C20H18N4OS/c1-2-26-20-22-19-18(23-24-20)15-10-6-7-11-16(15)21-17(25-19)13-12-14-8-4-3-5-9-14/h3-13,17,21H,2H2,1H3/b13-12+/t17-/m1/s1. The van der Waals surface area contributed by atoms with Gasteiger partial charge in [-0.2, -0.15) is 4.98 Å². The molecule has 1 aromatic heterocycles. The number of benzene rings is 2. The van der Waals surface area contributed by atoms with E-state index in [9.17, 15) is 0 Å². The largest absolute Gasteiger partial charge is 0.448 e. The summed E-state index contributed by atoms with van der Waals surface area (Å²) in [5.74, 6) is 1.38. The van der Waals surface area contributed by atoms with E-state index >= 15 is 0 Å². The zero-order chi connectivity index (χ0) is 17.8. The third-order valence-corrected chi connectivity index (χ3v) is 4.61. The molecule has 0 fully saturated rings. The molecular weight excluding hydrogens is 344 g/mol. The molecule has 0 saturated carbocycles. The van der Waals surface area contributed by atoms with Crippen LogP contribution in [-0.4, -0.2) is 27.2 Å². The van der Waals surface area contributed by atoms with Crippen molar-refractivity contribution in [3.05, 3.63) is 66.2 Å². The molecule has 26 heavy (non-hydrogen) atoms. The summed E-state index contributed by atoms with van der Waals surface area (Å²) in [4.78, 5) is 4.56. The molecule has 1 N–H and O–H groups in total. The lowest BCUT2D eigenvalue weighted by atomic mass is 10.1. The summed E-state index contributed by atoms with van der Waals surface area (Å²) in [6.07, 6.45) is 3.66. The summed E-state index contributed by atoms with van der Waals surface area (Å²) in [5.41, 5.74) is 3.65. The predicted octanol–water partition coefficient (Wildman–Crippen LogP) is 4.49. The normalized spacial score (nSPS) is 15.5. The van der Waals surface area contributed by atoms with E-state index in [-0.39, 0.29) is 6.23 Å². The lowest BCUT2D eigenvalue weighted by Crippen LogP contribution is -2.23. The third kappa shape index (κ3) is 3.55. The SMILES string of the molecule is CCSc1nnc2c(n1)O[C@H](/C=C/c1ccccc1)Nc1ccccc1-2. The monoisotopic (exact) mass is 362 g/mol. The molecule has 5 nitrogen and oxygen atoms in total. The Bertz CT molecular complexity index is 930. The summed E-state index contributed by atoms with van der Waals surface area (Å²) in [5, 5.41) is 12.6. The second kappa shape index (κ2) is 7.58. The predicted molar refractivity (Wildman–Crippen MR) is 105 cm³/mol. The van der Waals surface area contributed by atoms with E-state index in [1.165, 1.54) is 0 Å². The Labute approximate surface area is 156 Å². The number of ether oxygens (including phenoxy) is 1. The van der Waals surface area contributed by atoms with Crippen LogP contribution in [0.2, 0.25) is 0 Å². The van der Waals surface area contributed by atoms with Crippen LogP contribution in [0.15, 0.2) is 65.8 Å². The summed E-state index contributed by atoms with van der Waals surface area (Å²) in [6, 6.07) is 18.1. The number of rotatable bonds is 4. The Morgan fingerprint density at radius 2 is 1.88 bits per heavy atom. The van der Waals surface area contributed by atoms with Crippen molar-refractivity contribution >= 4 is 23.5 Å². The molecule has 1 aliphatic heterocycles. The van der Waals surface area contributed by atoms with Crippen LogP contribution in [0.3, 0.4) is 0 Å². The van der Waals surface area contributed by atoms with E-state index in [0.717, 1.165) is 22.6 Å². The van der Waals surface area contributed by atoms with E-state index in [1.54, 1.807) is 11.8 Å². The van der Waals surface area contributed by atoms with Gasteiger partial charge in [0.05, 0.1) is 0 Å². The number of hydrogen-bond donors (Lipinski definition) is 1. The number of fused-ring (bicyclic) bond motifs is 3. The van der Waals surface area contributed by atoms with Crippen LogP contribution in [0.5, 0.6) is 5.88 Å². The van der Waals surface area contributed by atoms with Gasteiger partial charge in [0, 0.05) is 11.3 Å². The highest BCUT2D eigenvalue weighted by Crippen LogP contribution is 2.36. The van der Waals surface area contributed by atoms with E-state index in [0.29, 0.717) is 16.7 Å². The Balaban J connectivity index is 1.72. The lowest BCUT2D eigenvalue weighted by Gasteiger charge is -2.15. The lowest BCUT2D eigenvalue weighted by molar-refractivity contribution is 0.266. The first-order valence-electron chi connectivity index (χ1n) is 8.47. The molecule has 2 heterocycles. The fourth-order valence-corrected chi connectivity index (χ4v) is 3.21. The van der Waals surface area contributed by atoms with Crippen molar-refractivity contribution in [2.45, 2.75) is 18.3 Å². The Morgan fingerprint density at radius 1 is 1.08 bits per heavy atom. The number of hydrogen-bond acceptors (Lipinski definition) is 6. The minimum absolute atomic E-state index is 0.353. The van der Waals surface area contributed by atoms with E-state index < -0.39 is 0 Å². The average Bonchev–Trinajstić information content (AvgIpc) is 2.83. The molecule has 1 atom stereocenters. The molecule has 1 aliphatic rings. The smallest absolute Gasteiger partial charge is 0.247 e. The summed E-state index contributed by atoms with van der Waals surface area (Å²) in [6.45, 7) is 2.06. The van der Waals surface area contributed by atoms with Crippen LogP contribution in [0, 0.1) is 0 Å². The molecule has 0 saturated heterocycles.